The van der Waals surface area contributed by atoms with Crippen molar-refractivity contribution in [2.24, 2.45) is 11.8 Å². The van der Waals surface area contributed by atoms with E-state index in [4.69, 9.17) is 0 Å². The first-order valence-corrected chi connectivity index (χ1v) is 8.46. The van der Waals surface area contributed by atoms with Crippen molar-refractivity contribution in [3.8, 4) is 0 Å². The lowest BCUT2D eigenvalue weighted by molar-refractivity contribution is -0.119. The minimum absolute atomic E-state index is 0.0104. The number of hydrogen-bond acceptors (Lipinski definition) is 3. The third kappa shape index (κ3) is 6.02. The number of piperidine rings is 1. The molecule has 0 aromatic heterocycles. The molecule has 1 aliphatic heterocycles. The Labute approximate surface area is 138 Å². The summed E-state index contributed by atoms with van der Waals surface area (Å²) in [6.45, 7) is 5.84. The van der Waals surface area contributed by atoms with Crippen LogP contribution in [-0.2, 0) is 9.59 Å². The molecule has 5 heteroatoms. The number of rotatable bonds is 6. The highest BCUT2D eigenvalue weighted by molar-refractivity contribution is 5.93. The zero-order valence-electron chi connectivity index (χ0n) is 14.0. The predicted molar refractivity (Wildman–Crippen MR) is 93.4 cm³/mol. The summed E-state index contributed by atoms with van der Waals surface area (Å²) in [7, 11) is 0. The van der Waals surface area contributed by atoms with Crippen molar-refractivity contribution >= 4 is 23.2 Å². The van der Waals surface area contributed by atoms with Crippen LogP contribution in [0.3, 0.4) is 0 Å². The maximum Gasteiger partial charge on any atom is 0.226 e. The van der Waals surface area contributed by atoms with Gasteiger partial charge in [0.05, 0.1) is 0 Å². The van der Waals surface area contributed by atoms with Crippen LogP contribution in [0, 0.1) is 11.8 Å². The van der Waals surface area contributed by atoms with Crippen LogP contribution in [0.15, 0.2) is 24.3 Å². The number of carbonyl (C=O) groups excluding carboxylic acids is 2. The molecule has 1 aromatic rings. The number of nitrogens with one attached hydrogen (secondary N) is 3. The molecule has 1 heterocycles. The molecule has 0 bridgehead atoms. The first kappa shape index (κ1) is 17.5. The van der Waals surface area contributed by atoms with E-state index in [1.807, 2.05) is 38.1 Å². The van der Waals surface area contributed by atoms with E-state index in [9.17, 15) is 9.59 Å². The highest BCUT2D eigenvalue weighted by Gasteiger charge is 2.14. The molecule has 0 aliphatic carbocycles. The quantitative estimate of drug-likeness (QED) is 0.755. The van der Waals surface area contributed by atoms with Crippen molar-refractivity contribution in [1.29, 1.82) is 0 Å². The van der Waals surface area contributed by atoms with E-state index in [1.54, 1.807) is 0 Å². The van der Waals surface area contributed by atoms with E-state index in [1.165, 1.54) is 0 Å². The molecule has 2 rings (SSSR count). The summed E-state index contributed by atoms with van der Waals surface area (Å²) in [4.78, 5) is 23.6. The van der Waals surface area contributed by atoms with Gasteiger partial charge in [-0.3, -0.25) is 9.59 Å². The van der Waals surface area contributed by atoms with Crippen LogP contribution in [0.25, 0.3) is 0 Å². The summed E-state index contributed by atoms with van der Waals surface area (Å²) < 4.78 is 0. The molecule has 23 heavy (non-hydrogen) atoms. The highest BCUT2D eigenvalue weighted by atomic mass is 16.2. The molecule has 2 amide bonds. The van der Waals surface area contributed by atoms with Crippen LogP contribution in [0.1, 0.15) is 39.5 Å². The molecule has 1 fully saturated rings. The van der Waals surface area contributed by atoms with Gasteiger partial charge in [0.15, 0.2) is 0 Å². The van der Waals surface area contributed by atoms with Crippen LogP contribution >= 0.6 is 0 Å². The zero-order chi connectivity index (χ0) is 16.7. The van der Waals surface area contributed by atoms with E-state index in [-0.39, 0.29) is 17.7 Å². The first-order valence-electron chi connectivity index (χ1n) is 8.46. The van der Waals surface area contributed by atoms with Crippen molar-refractivity contribution in [3.05, 3.63) is 24.3 Å². The van der Waals surface area contributed by atoms with Gasteiger partial charge < -0.3 is 16.0 Å². The van der Waals surface area contributed by atoms with Gasteiger partial charge in [-0.1, -0.05) is 13.8 Å². The van der Waals surface area contributed by atoms with Crippen molar-refractivity contribution in [2.75, 3.05) is 23.7 Å². The minimum Gasteiger partial charge on any atom is -0.326 e. The molecule has 0 radical (unpaired) electrons. The summed E-state index contributed by atoms with van der Waals surface area (Å²) in [6, 6.07) is 7.25. The van der Waals surface area contributed by atoms with Crippen molar-refractivity contribution in [1.82, 2.24) is 5.32 Å². The summed E-state index contributed by atoms with van der Waals surface area (Å²) in [5.41, 5.74) is 1.51. The topological polar surface area (TPSA) is 70.2 Å². The molecular formula is C18H27N3O2. The molecule has 1 aliphatic rings. The van der Waals surface area contributed by atoms with Gasteiger partial charge >= 0.3 is 0 Å². The van der Waals surface area contributed by atoms with Gasteiger partial charge in [-0.2, -0.15) is 0 Å². The third-order valence-electron chi connectivity index (χ3n) is 4.20. The molecule has 1 aromatic carbocycles. The van der Waals surface area contributed by atoms with Gasteiger partial charge in [-0.25, -0.2) is 0 Å². The standard InChI is InChI=1S/C18H27N3O2/c1-13(2)18(23)21-16-6-4-15(5-7-16)20-17(22)8-3-14-9-11-19-12-10-14/h4-7,13-14,19H,3,8-12H2,1-2H3,(H,20,22)(H,21,23). The smallest absolute Gasteiger partial charge is 0.226 e. The van der Waals surface area contributed by atoms with Crippen LogP contribution in [0.2, 0.25) is 0 Å². The number of amides is 2. The summed E-state index contributed by atoms with van der Waals surface area (Å²) in [5, 5.41) is 9.09. The van der Waals surface area contributed by atoms with E-state index < -0.39 is 0 Å². The molecular weight excluding hydrogens is 290 g/mol. The third-order valence-corrected chi connectivity index (χ3v) is 4.20. The van der Waals surface area contributed by atoms with Gasteiger partial charge in [0.25, 0.3) is 0 Å². The molecule has 5 nitrogen and oxygen atoms in total. The Bertz CT molecular complexity index is 520. The Balaban J connectivity index is 1.76. The zero-order valence-corrected chi connectivity index (χ0v) is 14.0. The second kappa shape index (κ2) is 8.67. The number of carbonyl (C=O) groups is 2. The van der Waals surface area contributed by atoms with Crippen LogP contribution in [-0.4, -0.2) is 24.9 Å². The highest BCUT2D eigenvalue weighted by Crippen LogP contribution is 2.19. The van der Waals surface area contributed by atoms with E-state index in [0.29, 0.717) is 12.3 Å². The monoisotopic (exact) mass is 317 g/mol. The lowest BCUT2D eigenvalue weighted by Crippen LogP contribution is -2.28. The fourth-order valence-electron chi connectivity index (χ4n) is 2.65. The van der Waals surface area contributed by atoms with Crippen LogP contribution < -0.4 is 16.0 Å². The SMILES string of the molecule is CC(C)C(=O)Nc1ccc(NC(=O)CCC2CCNCC2)cc1. The van der Waals surface area contributed by atoms with Gasteiger partial charge in [0, 0.05) is 23.7 Å². The second-order valence-corrected chi connectivity index (χ2v) is 6.50. The predicted octanol–water partition coefficient (Wildman–Crippen LogP) is 3.00. The molecule has 0 saturated carbocycles. The second-order valence-electron chi connectivity index (χ2n) is 6.50. The molecule has 0 atom stereocenters. The number of anilines is 2. The normalized spacial score (nSPS) is 15.4. The molecule has 1 saturated heterocycles. The van der Waals surface area contributed by atoms with Crippen molar-refractivity contribution < 1.29 is 9.59 Å². The average molecular weight is 317 g/mol. The molecule has 0 unspecified atom stereocenters. The minimum atomic E-state index is -0.0515. The van der Waals surface area contributed by atoms with Gasteiger partial charge in [0.2, 0.25) is 11.8 Å². The largest absolute Gasteiger partial charge is 0.326 e. The Kier molecular flexibility index (Phi) is 6.59. The fourth-order valence-corrected chi connectivity index (χ4v) is 2.65. The van der Waals surface area contributed by atoms with E-state index in [2.05, 4.69) is 16.0 Å². The fraction of sp³-hybridized carbons (Fsp3) is 0.556. The Morgan fingerprint density at radius 2 is 1.65 bits per heavy atom. The van der Waals surface area contributed by atoms with E-state index in [0.717, 1.165) is 43.7 Å². The van der Waals surface area contributed by atoms with Crippen molar-refractivity contribution in [2.45, 2.75) is 39.5 Å². The first-order chi connectivity index (χ1) is 11.0. The van der Waals surface area contributed by atoms with Crippen LogP contribution in [0.5, 0.6) is 0 Å². The lowest BCUT2D eigenvalue weighted by atomic mass is 9.93. The maximum atomic E-state index is 12.0. The maximum absolute atomic E-state index is 12.0. The van der Waals surface area contributed by atoms with E-state index >= 15 is 0 Å². The molecule has 3 N–H and O–H groups in total. The summed E-state index contributed by atoms with van der Waals surface area (Å²) >= 11 is 0. The van der Waals surface area contributed by atoms with Gasteiger partial charge in [-0.15, -0.1) is 0 Å². The van der Waals surface area contributed by atoms with Crippen molar-refractivity contribution in [3.63, 3.8) is 0 Å². The van der Waals surface area contributed by atoms with Crippen LogP contribution in [0.4, 0.5) is 11.4 Å². The van der Waals surface area contributed by atoms with Gasteiger partial charge in [0.1, 0.15) is 0 Å². The average Bonchev–Trinajstić information content (AvgIpc) is 2.55. The Morgan fingerprint density at radius 1 is 1.09 bits per heavy atom. The Hall–Kier alpha value is -1.88. The molecule has 126 valence electrons. The summed E-state index contributed by atoms with van der Waals surface area (Å²) in [5.74, 6) is 0.659. The lowest BCUT2D eigenvalue weighted by Gasteiger charge is -2.22. The van der Waals surface area contributed by atoms with Gasteiger partial charge in [-0.05, 0) is 62.5 Å². The number of hydrogen-bond donors (Lipinski definition) is 3. The number of benzene rings is 1. The molecule has 0 spiro atoms. The Morgan fingerprint density at radius 3 is 2.22 bits per heavy atom. The summed E-state index contributed by atoms with van der Waals surface area (Å²) in [6.07, 6.45) is 3.85.